The minimum absolute atomic E-state index is 0. The molecule has 0 aliphatic rings. The predicted octanol–water partition coefficient (Wildman–Crippen LogP) is 3.12. The van der Waals surface area contributed by atoms with E-state index >= 15 is 0 Å². The van der Waals surface area contributed by atoms with E-state index in [1.165, 1.54) is 4.90 Å². The van der Waals surface area contributed by atoms with Gasteiger partial charge in [0.2, 0.25) is 0 Å². The minimum Gasteiger partial charge on any atom is -0.330 e. The summed E-state index contributed by atoms with van der Waals surface area (Å²) in [6.07, 6.45) is 0. The van der Waals surface area contributed by atoms with Crippen molar-refractivity contribution >= 4 is 24.2 Å². The smallest absolute Gasteiger partial charge is 0.0108 e. The molecule has 0 unspecified atom stereocenters. The molecular weight excluding hydrogens is 264 g/mol. The molecule has 0 heterocycles. The van der Waals surface area contributed by atoms with Gasteiger partial charge in [-0.05, 0) is 31.1 Å². The number of halogens is 1. The van der Waals surface area contributed by atoms with E-state index in [2.05, 4.69) is 56.1 Å². The first-order valence-corrected chi connectivity index (χ1v) is 7.08. The van der Waals surface area contributed by atoms with E-state index in [9.17, 15) is 0 Å². The Balaban J connectivity index is 0.00000289. The predicted molar refractivity (Wildman–Crippen MR) is 84.7 cm³/mol. The number of hydrogen-bond donors (Lipinski definition) is 1. The Labute approximate surface area is 122 Å². The van der Waals surface area contributed by atoms with Crippen molar-refractivity contribution in [2.45, 2.75) is 18.7 Å². The molecule has 0 bridgehead atoms. The molecule has 0 spiro atoms. The lowest BCUT2D eigenvalue weighted by Crippen LogP contribution is -2.37. The maximum atomic E-state index is 5.74. The lowest BCUT2D eigenvalue weighted by atomic mass is 9.93. The van der Waals surface area contributed by atoms with Crippen LogP contribution in [0.25, 0.3) is 0 Å². The van der Waals surface area contributed by atoms with Gasteiger partial charge in [0.05, 0.1) is 0 Å². The lowest BCUT2D eigenvalue weighted by molar-refractivity contribution is 0.225. The number of thioether (sulfide) groups is 1. The van der Waals surface area contributed by atoms with Gasteiger partial charge in [0.25, 0.3) is 0 Å². The van der Waals surface area contributed by atoms with E-state index in [1.54, 1.807) is 0 Å². The number of benzene rings is 1. The molecule has 0 fully saturated rings. The molecule has 2 N–H and O–H groups in total. The van der Waals surface area contributed by atoms with Gasteiger partial charge < -0.3 is 10.6 Å². The molecule has 0 amide bonds. The average Bonchev–Trinajstić information content (AvgIpc) is 2.30. The van der Waals surface area contributed by atoms with Crippen LogP contribution in [0.4, 0.5) is 0 Å². The summed E-state index contributed by atoms with van der Waals surface area (Å²) in [6, 6.07) is 10.6. The molecule has 4 heteroatoms. The fourth-order valence-electron chi connectivity index (χ4n) is 1.71. The average molecular weight is 289 g/mol. The molecule has 18 heavy (non-hydrogen) atoms. The van der Waals surface area contributed by atoms with Crippen LogP contribution in [0.5, 0.6) is 0 Å². The zero-order valence-electron chi connectivity index (χ0n) is 11.6. The van der Waals surface area contributed by atoms with Gasteiger partial charge in [0.15, 0.2) is 0 Å². The Hall–Kier alpha value is -0.220. The van der Waals surface area contributed by atoms with Crippen molar-refractivity contribution in [1.29, 1.82) is 0 Å². The largest absolute Gasteiger partial charge is 0.330 e. The number of nitrogens with two attached hydrogens (primary N) is 1. The van der Waals surface area contributed by atoms with Crippen LogP contribution < -0.4 is 5.73 Å². The maximum Gasteiger partial charge on any atom is 0.0108 e. The van der Waals surface area contributed by atoms with Gasteiger partial charge in [-0.2, -0.15) is 0 Å². The van der Waals surface area contributed by atoms with Gasteiger partial charge >= 0.3 is 0 Å². The second-order valence-electron chi connectivity index (χ2n) is 5.27. The Morgan fingerprint density at radius 1 is 1.22 bits per heavy atom. The van der Waals surface area contributed by atoms with Crippen LogP contribution in [0.3, 0.4) is 0 Å². The first-order chi connectivity index (χ1) is 8.03. The van der Waals surface area contributed by atoms with Crippen molar-refractivity contribution in [1.82, 2.24) is 4.90 Å². The van der Waals surface area contributed by atoms with E-state index < -0.39 is 0 Å². The second kappa shape index (κ2) is 8.81. The van der Waals surface area contributed by atoms with E-state index in [4.69, 9.17) is 5.73 Å². The van der Waals surface area contributed by atoms with Crippen LogP contribution in [0.15, 0.2) is 35.2 Å². The molecule has 0 radical (unpaired) electrons. The maximum absolute atomic E-state index is 5.74. The first-order valence-electron chi connectivity index (χ1n) is 6.10. The van der Waals surface area contributed by atoms with Crippen LogP contribution in [0.2, 0.25) is 0 Å². The van der Waals surface area contributed by atoms with Crippen LogP contribution >= 0.6 is 24.2 Å². The summed E-state index contributed by atoms with van der Waals surface area (Å²) >= 11 is 1.91. The molecule has 1 aromatic rings. The number of hydrogen-bond acceptors (Lipinski definition) is 3. The fraction of sp³-hybridized carbons (Fsp3) is 0.571. The summed E-state index contributed by atoms with van der Waals surface area (Å²) in [7, 11) is 2.17. The van der Waals surface area contributed by atoms with Gasteiger partial charge in [-0.15, -0.1) is 24.2 Å². The summed E-state index contributed by atoms with van der Waals surface area (Å²) < 4.78 is 0. The highest BCUT2D eigenvalue weighted by Gasteiger charge is 2.17. The monoisotopic (exact) mass is 288 g/mol. The summed E-state index contributed by atoms with van der Waals surface area (Å²) in [5.74, 6) is 1.13. The molecule has 0 saturated heterocycles. The highest BCUT2D eigenvalue weighted by Crippen LogP contribution is 2.18. The topological polar surface area (TPSA) is 29.3 Å². The molecule has 1 aromatic carbocycles. The summed E-state index contributed by atoms with van der Waals surface area (Å²) in [4.78, 5) is 3.71. The van der Waals surface area contributed by atoms with Gasteiger partial charge in [-0.3, -0.25) is 0 Å². The molecule has 104 valence electrons. The zero-order valence-corrected chi connectivity index (χ0v) is 13.2. The normalized spacial score (nSPS) is 11.4. The zero-order chi connectivity index (χ0) is 12.7. The molecule has 0 saturated carbocycles. The van der Waals surface area contributed by atoms with Crippen LogP contribution in [0, 0.1) is 5.41 Å². The minimum atomic E-state index is 0. The van der Waals surface area contributed by atoms with Crippen molar-refractivity contribution in [3.05, 3.63) is 30.3 Å². The Morgan fingerprint density at radius 2 is 1.83 bits per heavy atom. The lowest BCUT2D eigenvalue weighted by Gasteiger charge is -2.28. The summed E-state index contributed by atoms with van der Waals surface area (Å²) in [6.45, 7) is 7.33. The first kappa shape index (κ1) is 17.8. The molecule has 0 atom stereocenters. The van der Waals surface area contributed by atoms with Crippen LogP contribution in [-0.2, 0) is 0 Å². The highest BCUT2D eigenvalue weighted by atomic mass is 35.5. The standard InChI is InChI=1S/C14H24N2S.ClH/c1-14(2,11-15)12-16(3)9-10-17-13-7-5-4-6-8-13;/h4-8H,9-12,15H2,1-3H3;1H. The van der Waals surface area contributed by atoms with Gasteiger partial charge in [0, 0.05) is 23.7 Å². The van der Waals surface area contributed by atoms with E-state index in [1.807, 2.05) is 11.8 Å². The SMILES string of the molecule is CN(CCSc1ccccc1)CC(C)(C)CN.Cl. The number of rotatable bonds is 7. The molecule has 1 rings (SSSR count). The molecular formula is C14H25ClN2S. The van der Waals surface area contributed by atoms with Crippen molar-refractivity contribution in [2.24, 2.45) is 11.1 Å². The second-order valence-corrected chi connectivity index (χ2v) is 6.44. The third-order valence-electron chi connectivity index (χ3n) is 2.74. The number of nitrogens with zero attached hydrogens (tertiary/aromatic N) is 1. The fourth-order valence-corrected chi connectivity index (χ4v) is 2.70. The Bertz CT molecular complexity index is 317. The third-order valence-corrected chi connectivity index (χ3v) is 3.73. The summed E-state index contributed by atoms with van der Waals surface area (Å²) in [5.41, 5.74) is 5.96. The Kier molecular flexibility index (Phi) is 8.70. The Morgan fingerprint density at radius 3 is 2.39 bits per heavy atom. The van der Waals surface area contributed by atoms with Gasteiger partial charge in [-0.1, -0.05) is 32.0 Å². The molecule has 2 nitrogen and oxygen atoms in total. The van der Waals surface area contributed by atoms with E-state index in [0.29, 0.717) is 0 Å². The molecule has 0 aliphatic carbocycles. The van der Waals surface area contributed by atoms with Gasteiger partial charge in [-0.25, -0.2) is 0 Å². The van der Waals surface area contributed by atoms with Crippen LogP contribution in [-0.4, -0.2) is 37.3 Å². The highest BCUT2D eigenvalue weighted by molar-refractivity contribution is 7.99. The van der Waals surface area contributed by atoms with Gasteiger partial charge in [0.1, 0.15) is 0 Å². The molecule has 0 aliphatic heterocycles. The molecule has 0 aromatic heterocycles. The van der Waals surface area contributed by atoms with Crippen molar-refractivity contribution in [3.8, 4) is 0 Å². The quantitative estimate of drug-likeness (QED) is 0.782. The van der Waals surface area contributed by atoms with E-state index in [0.717, 1.165) is 25.4 Å². The van der Waals surface area contributed by atoms with Crippen LogP contribution in [0.1, 0.15) is 13.8 Å². The third kappa shape index (κ3) is 7.27. The summed E-state index contributed by atoms with van der Waals surface area (Å²) in [5, 5.41) is 0. The van der Waals surface area contributed by atoms with Crippen molar-refractivity contribution in [2.75, 3.05) is 32.4 Å². The van der Waals surface area contributed by atoms with Crippen molar-refractivity contribution in [3.63, 3.8) is 0 Å². The van der Waals surface area contributed by atoms with Crippen molar-refractivity contribution < 1.29 is 0 Å². The van der Waals surface area contributed by atoms with E-state index in [-0.39, 0.29) is 17.8 Å².